The summed E-state index contributed by atoms with van der Waals surface area (Å²) >= 11 is 0. The van der Waals surface area contributed by atoms with E-state index in [1.807, 2.05) is 42.9 Å². The van der Waals surface area contributed by atoms with Gasteiger partial charge in [0.05, 0.1) is 6.20 Å². The number of hydrogen-bond acceptors (Lipinski definition) is 3. The number of anilines is 1. The Hall–Kier alpha value is -1.85. The maximum Gasteiger partial charge on any atom is 0.229 e. The lowest BCUT2D eigenvalue weighted by atomic mass is 10.1. The van der Waals surface area contributed by atoms with E-state index in [1.54, 1.807) is 6.20 Å². The SMILES string of the molecule is CNCC(C)C(=O)Nc1ccnn1CCc1ccccc1.Cl. The third kappa shape index (κ3) is 5.16. The molecule has 0 saturated carbocycles. The average Bonchev–Trinajstić information content (AvgIpc) is 2.93. The molecule has 0 spiro atoms. The molecule has 0 bridgehead atoms. The van der Waals surface area contributed by atoms with Crippen molar-refractivity contribution in [2.45, 2.75) is 19.9 Å². The number of benzene rings is 1. The van der Waals surface area contributed by atoms with E-state index >= 15 is 0 Å². The van der Waals surface area contributed by atoms with Crippen LogP contribution in [0.1, 0.15) is 12.5 Å². The third-order valence-corrected chi connectivity index (χ3v) is 3.38. The van der Waals surface area contributed by atoms with Gasteiger partial charge in [-0.2, -0.15) is 5.10 Å². The topological polar surface area (TPSA) is 59.0 Å². The van der Waals surface area contributed by atoms with E-state index < -0.39 is 0 Å². The summed E-state index contributed by atoms with van der Waals surface area (Å²) in [4.78, 5) is 12.0. The first-order valence-electron chi connectivity index (χ1n) is 7.22. The molecule has 0 fully saturated rings. The number of halogens is 1. The Bertz CT molecular complexity index is 571. The lowest BCUT2D eigenvalue weighted by Gasteiger charge is -2.13. The molecule has 0 saturated heterocycles. The first kappa shape index (κ1) is 18.2. The van der Waals surface area contributed by atoms with Crippen molar-refractivity contribution in [1.29, 1.82) is 0 Å². The summed E-state index contributed by atoms with van der Waals surface area (Å²) in [5, 5.41) is 10.2. The Morgan fingerprint density at radius 2 is 2.00 bits per heavy atom. The average molecular weight is 323 g/mol. The maximum absolute atomic E-state index is 12.0. The molecule has 0 aliphatic carbocycles. The summed E-state index contributed by atoms with van der Waals surface area (Å²) in [5.41, 5.74) is 1.26. The van der Waals surface area contributed by atoms with E-state index in [9.17, 15) is 4.79 Å². The van der Waals surface area contributed by atoms with Crippen molar-refractivity contribution in [3.8, 4) is 0 Å². The van der Waals surface area contributed by atoms with Crippen LogP contribution in [0, 0.1) is 5.92 Å². The minimum absolute atomic E-state index is 0. The van der Waals surface area contributed by atoms with Crippen LogP contribution in [0.25, 0.3) is 0 Å². The van der Waals surface area contributed by atoms with Gasteiger partial charge in [0, 0.05) is 25.1 Å². The van der Waals surface area contributed by atoms with E-state index in [-0.39, 0.29) is 24.2 Å². The normalized spacial score (nSPS) is 11.5. The summed E-state index contributed by atoms with van der Waals surface area (Å²) < 4.78 is 1.83. The van der Waals surface area contributed by atoms with Gasteiger partial charge in [-0.25, -0.2) is 4.68 Å². The fraction of sp³-hybridized carbons (Fsp3) is 0.375. The summed E-state index contributed by atoms with van der Waals surface area (Å²) in [6.45, 7) is 3.30. The lowest BCUT2D eigenvalue weighted by Crippen LogP contribution is -2.29. The summed E-state index contributed by atoms with van der Waals surface area (Å²) in [6, 6.07) is 12.1. The zero-order valence-corrected chi connectivity index (χ0v) is 13.8. The van der Waals surface area contributed by atoms with Crippen molar-refractivity contribution in [3.63, 3.8) is 0 Å². The highest BCUT2D eigenvalue weighted by molar-refractivity contribution is 5.91. The van der Waals surface area contributed by atoms with Gasteiger partial charge in [0.2, 0.25) is 5.91 Å². The van der Waals surface area contributed by atoms with Crippen LogP contribution in [0.3, 0.4) is 0 Å². The standard InChI is InChI=1S/C16H22N4O.ClH/c1-13(12-17-2)16(21)19-15-8-10-18-20(15)11-9-14-6-4-3-5-7-14;/h3-8,10,13,17H,9,11-12H2,1-2H3,(H,19,21);1H. The van der Waals surface area contributed by atoms with Crippen LogP contribution in [-0.4, -0.2) is 29.3 Å². The van der Waals surface area contributed by atoms with E-state index in [1.165, 1.54) is 5.56 Å². The number of rotatable bonds is 7. The molecule has 0 radical (unpaired) electrons. The fourth-order valence-electron chi connectivity index (χ4n) is 2.15. The predicted octanol–water partition coefficient (Wildman–Crippen LogP) is 2.34. The number of aromatic nitrogens is 2. The monoisotopic (exact) mass is 322 g/mol. The van der Waals surface area contributed by atoms with Crippen LogP contribution in [-0.2, 0) is 17.8 Å². The fourth-order valence-corrected chi connectivity index (χ4v) is 2.15. The number of nitrogens with one attached hydrogen (secondary N) is 2. The molecule has 5 nitrogen and oxygen atoms in total. The molecule has 1 aromatic heterocycles. The van der Waals surface area contributed by atoms with Gasteiger partial charge in [0.25, 0.3) is 0 Å². The quantitative estimate of drug-likeness (QED) is 0.822. The molecule has 1 amide bonds. The molecule has 2 aromatic rings. The van der Waals surface area contributed by atoms with Crippen molar-refractivity contribution in [2.75, 3.05) is 18.9 Å². The summed E-state index contributed by atoms with van der Waals surface area (Å²) in [5.74, 6) is 0.678. The first-order chi connectivity index (χ1) is 10.2. The molecule has 120 valence electrons. The van der Waals surface area contributed by atoms with Crippen LogP contribution in [0.5, 0.6) is 0 Å². The molecule has 0 aliphatic rings. The Kier molecular flexibility index (Phi) is 7.63. The Morgan fingerprint density at radius 1 is 1.27 bits per heavy atom. The highest BCUT2D eigenvalue weighted by atomic mass is 35.5. The van der Waals surface area contributed by atoms with E-state index in [0.717, 1.165) is 18.8 Å². The number of carbonyl (C=O) groups excluding carboxylic acids is 1. The highest BCUT2D eigenvalue weighted by Crippen LogP contribution is 2.10. The van der Waals surface area contributed by atoms with Gasteiger partial charge in [0.1, 0.15) is 5.82 Å². The third-order valence-electron chi connectivity index (χ3n) is 3.38. The molecule has 2 N–H and O–H groups in total. The van der Waals surface area contributed by atoms with Crippen molar-refractivity contribution >= 4 is 24.1 Å². The van der Waals surface area contributed by atoms with Gasteiger partial charge in [-0.3, -0.25) is 4.79 Å². The second kappa shape index (κ2) is 9.23. The largest absolute Gasteiger partial charge is 0.319 e. The number of carbonyl (C=O) groups is 1. The van der Waals surface area contributed by atoms with E-state index in [0.29, 0.717) is 6.54 Å². The van der Waals surface area contributed by atoms with Crippen LogP contribution < -0.4 is 10.6 Å². The van der Waals surface area contributed by atoms with Crippen molar-refractivity contribution in [3.05, 3.63) is 48.2 Å². The first-order valence-corrected chi connectivity index (χ1v) is 7.22. The van der Waals surface area contributed by atoms with E-state index in [2.05, 4.69) is 27.9 Å². The number of hydrogen-bond donors (Lipinski definition) is 2. The minimum atomic E-state index is -0.0764. The Balaban J connectivity index is 0.00000242. The predicted molar refractivity (Wildman–Crippen MR) is 91.3 cm³/mol. The van der Waals surface area contributed by atoms with Gasteiger partial charge < -0.3 is 10.6 Å². The second-order valence-corrected chi connectivity index (χ2v) is 5.12. The van der Waals surface area contributed by atoms with Crippen LogP contribution in [0.15, 0.2) is 42.6 Å². The second-order valence-electron chi connectivity index (χ2n) is 5.12. The molecule has 2 rings (SSSR count). The molecule has 22 heavy (non-hydrogen) atoms. The van der Waals surface area contributed by atoms with Crippen molar-refractivity contribution in [1.82, 2.24) is 15.1 Å². The van der Waals surface area contributed by atoms with Crippen LogP contribution in [0.2, 0.25) is 0 Å². The number of amides is 1. The molecule has 1 aromatic carbocycles. The molecular weight excluding hydrogens is 300 g/mol. The van der Waals surface area contributed by atoms with Crippen LogP contribution in [0.4, 0.5) is 5.82 Å². The molecule has 6 heteroatoms. The Labute approximate surface area is 137 Å². The minimum Gasteiger partial charge on any atom is -0.319 e. The van der Waals surface area contributed by atoms with Gasteiger partial charge >= 0.3 is 0 Å². The molecule has 1 atom stereocenters. The highest BCUT2D eigenvalue weighted by Gasteiger charge is 2.14. The molecular formula is C16H23ClN4O. The van der Waals surface area contributed by atoms with Crippen molar-refractivity contribution < 1.29 is 4.79 Å². The number of nitrogens with zero attached hydrogens (tertiary/aromatic N) is 2. The van der Waals surface area contributed by atoms with Gasteiger partial charge in [0.15, 0.2) is 0 Å². The Morgan fingerprint density at radius 3 is 2.68 bits per heavy atom. The van der Waals surface area contributed by atoms with Gasteiger partial charge in [-0.15, -0.1) is 12.4 Å². The molecule has 1 unspecified atom stereocenters. The number of aryl methyl sites for hydroxylation is 2. The maximum atomic E-state index is 12.0. The van der Waals surface area contributed by atoms with Gasteiger partial charge in [-0.1, -0.05) is 37.3 Å². The van der Waals surface area contributed by atoms with Gasteiger partial charge in [-0.05, 0) is 19.0 Å². The molecule has 0 aliphatic heterocycles. The summed E-state index contributed by atoms with van der Waals surface area (Å²) in [7, 11) is 1.84. The molecule has 1 heterocycles. The smallest absolute Gasteiger partial charge is 0.229 e. The zero-order chi connectivity index (χ0) is 15.1. The lowest BCUT2D eigenvalue weighted by molar-refractivity contribution is -0.119. The van der Waals surface area contributed by atoms with E-state index in [4.69, 9.17) is 0 Å². The van der Waals surface area contributed by atoms with Crippen molar-refractivity contribution in [2.24, 2.45) is 5.92 Å². The van der Waals surface area contributed by atoms with Crippen LogP contribution >= 0.6 is 12.4 Å². The zero-order valence-electron chi connectivity index (χ0n) is 13.0. The summed E-state index contributed by atoms with van der Waals surface area (Å²) in [6.07, 6.45) is 2.60.